The summed E-state index contributed by atoms with van der Waals surface area (Å²) < 4.78 is 7.04. The summed E-state index contributed by atoms with van der Waals surface area (Å²) in [4.78, 5) is 12.2. The zero-order valence-electron chi connectivity index (χ0n) is 11.7. The molecule has 1 aromatic carbocycles. The zero-order chi connectivity index (χ0) is 14.7. The van der Waals surface area contributed by atoms with Gasteiger partial charge in [-0.15, -0.1) is 0 Å². The molecule has 2 heterocycles. The van der Waals surface area contributed by atoms with Crippen LogP contribution in [-0.2, 0) is 16.1 Å². The van der Waals surface area contributed by atoms with E-state index in [1.165, 1.54) is 0 Å². The standard InChI is InChI=1S/C15H18N4O2/c16-15(5-8-21-11-15)14(20)18-13-4-1-3-12(9-13)10-19-7-2-6-17-19/h1-4,6-7,9H,5,8,10-11,16H2,(H,18,20). The van der Waals surface area contributed by atoms with Crippen LogP contribution in [0.4, 0.5) is 5.69 Å². The molecular formula is C15H18N4O2. The highest BCUT2D eigenvalue weighted by molar-refractivity contribution is 5.98. The van der Waals surface area contributed by atoms with Gasteiger partial charge in [0.05, 0.1) is 13.2 Å². The molecule has 0 radical (unpaired) electrons. The molecule has 6 heteroatoms. The minimum absolute atomic E-state index is 0.198. The Kier molecular flexibility index (Phi) is 3.72. The van der Waals surface area contributed by atoms with Crippen LogP contribution in [0.5, 0.6) is 0 Å². The van der Waals surface area contributed by atoms with Gasteiger partial charge in [0, 0.05) is 24.7 Å². The molecule has 1 aliphatic heterocycles. The van der Waals surface area contributed by atoms with E-state index >= 15 is 0 Å². The van der Waals surface area contributed by atoms with E-state index in [-0.39, 0.29) is 12.5 Å². The second-order valence-electron chi connectivity index (χ2n) is 5.32. The molecule has 3 N–H and O–H groups in total. The van der Waals surface area contributed by atoms with Crippen molar-refractivity contribution in [1.82, 2.24) is 9.78 Å². The van der Waals surface area contributed by atoms with Crippen LogP contribution in [0.3, 0.4) is 0 Å². The normalized spacial score (nSPS) is 21.4. The summed E-state index contributed by atoms with van der Waals surface area (Å²) >= 11 is 0. The predicted octanol–water partition coefficient (Wildman–Crippen LogP) is 0.988. The number of aromatic nitrogens is 2. The molecule has 1 saturated heterocycles. The van der Waals surface area contributed by atoms with Crippen molar-refractivity contribution < 1.29 is 9.53 Å². The number of nitrogens with zero attached hydrogens (tertiary/aromatic N) is 2. The molecule has 1 aliphatic rings. The van der Waals surface area contributed by atoms with Gasteiger partial charge in [-0.05, 0) is 30.2 Å². The molecule has 21 heavy (non-hydrogen) atoms. The Morgan fingerprint density at radius 1 is 1.48 bits per heavy atom. The third-order valence-corrected chi connectivity index (χ3v) is 3.59. The van der Waals surface area contributed by atoms with Crippen molar-refractivity contribution in [3.63, 3.8) is 0 Å². The summed E-state index contributed by atoms with van der Waals surface area (Å²) in [5.74, 6) is -0.198. The first-order chi connectivity index (χ1) is 10.2. The van der Waals surface area contributed by atoms with E-state index in [1.54, 1.807) is 6.20 Å². The highest BCUT2D eigenvalue weighted by atomic mass is 16.5. The Balaban J connectivity index is 1.69. The van der Waals surface area contributed by atoms with Gasteiger partial charge < -0.3 is 15.8 Å². The molecule has 0 aliphatic carbocycles. The third kappa shape index (κ3) is 3.12. The van der Waals surface area contributed by atoms with Gasteiger partial charge in [-0.3, -0.25) is 9.48 Å². The summed E-state index contributed by atoms with van der Waals surface area (Å²) in [6.45, 7) is 1.46. The number of anilines is 1. The van der Waals surface area contributed by atoms with Crippen LogP contribution in [0.1, 0.15) is 12.0 Å². The second-order valence-corrected chi connectivity index (χ2v) is 5.32. The predicted molar refractivity (Wildman–Crippen MR) is 78.8 cm³/mol. The third-order valence-electron chi connectivity index (χ3n) is 3.59. The van der Waals surface area contributed by atoms with Crippen molar-refractivity contribution in [1.29, 1.82) is 0 Å². The number of carbonyl (C=O) groups is 1. The lowest BCUT2D eigenvalue weighted by Crippen LogP contribution is -2.51. The lowest BCUT2D eigenvalue weighted by Gasteiger charge is -2.20. The SMILES string of the molecule is NC1(C(=O)Nc2cccc(Cn3cccn3)c2)CCOC1. The van der Waals surface area contributed by atoms with Crippen molar-refractivity contribution in [2.45, 2.75) is 18.5 Å². The number of carbonyl (C=O) groups excluding carboxylic acids is 1. The number of rotatable bonds is 4. The minimum atomic E-state index is -0.919. The van der Waals surface area contributed by atoms with Crippen LogP contribution >= 0.6 is 0 Å². The summed E-state index contributed by atoms with van der Waals surface area (Å²) in [7, 11) is 0. The van der Waals surface area contributed by atoms with E-state index in [9.17, 15) is 4.79 Å². The fourth-order valence-electron chi connectivity index (χ4n) is 2.34. The van der Waals surface area contributed by atoms with E-state index < -0.39 is 5.54 Å². The molecule has 6 nitrogen and oxygen atoms in total. The van der Waals surface area contributed by atoms with Gasteiger partial charge in [0.2, 0.25) is 5.91 Å². The second kappa shape index (κ2) is 5.67. The van der Waals surface area contributed by atoms with Gasteiger partial charge in [0.15, 0.2) is 0 Å². The summed E-state index contributed by atoms with van der Waals surface area (Å²) in [6, 6.07) is 9.56. The Morgan fingerprint density at radius 2 is 2.38 bits per heavy atom. The molecule has 1 amide bonds. The molecule has 3 rings (SSSR count). The van der Waals surface area contributed by atoms with Gasteiger partial charge in [-0.1, -0.05) is 12.1 Å². The Hall–Kier alpha value is -2.18. The van der Waals surface area contributed by atoms with Crippen LogP contribution in [0.15, 0.2) is 42.7 Å². The smallest absolute Gasteiger partial charge is 0.246 e. The topological polar surface area (TPSA) is 82.2 Å². The molecular weight excluding hydrogens is 268 g/mol. The number of benzene rings is 1. The van der Waals surface area contributed by atoms with E-state index in [0.29, 0.717) is 19.6 Å². The maximum Gasteiger partial charge on any atom is 0.246 e. The molecule has 1 unspecified atom stereocenters. The Labute approximate surface area is 122 Å². The first-order valence-corrected chi connectivity index (χ1v) is 6.90. The Bertz CT molecular complexity index is 618. The summed E-state index contributed by atoms with van der Waals surface area (Å²) in [5, 5.41) is 7.04. The highest BCUT2D eigenvalue weighted by Crippen LogP contribution is 2.19. The number of ether oxygens (including phenoxy) is 1. The van der Waals surface area contributed by atoms with E-state index in [1.807, 2.05) is 41.2 Å². The van der Waals surface area contributed by atoms with E-state index in [4.69, 9.17) is 10.5 Å². The van der Waals surface area contributed by atoms with Crippen molar-refractivity contribution in [3.05, 3.63) is 48.3 Å². The zero-order valence-corrected chi connectivity index (χ0v) is 11.7. The van der Waals surface area contributed by atoms with Crippen LogP contribution in [0.25, 0.3) is 0 Å². The van der Waals surface area contributed by atoms with Crippen LogP contribution in [-0.4, -0.2) is 34.4 Å². The fraction of sp³-hybridized carbons (Fsp3) is 0.333. The van der Waals surface area contributed by atoms with Crippen LogP contribution in [0.2, 0.25) is 0 Å². The van der Waals surface area contributed by atoms with Gasteiger partial charge in [-0.25, -0.2) is 0 Å². The molecule has 0 saturated carbocycles. The van der Waals surface area contributed by atoms with Crippen LogP contribution in [0, 0.1) is 0 Å². The summed E-state index contributed by atoms with van der Waals surface area (Å²) in [6.07, 6.45) is 4.19. The average molecular weight is 286 g/mol. The lowest BCUT2D eigenvalue weighted by molar-refractivity contribution is -0.121. The van der Waals surface area contributed by atoms with Crippen molar-refractivity contribution in [2.24, 2.45) is 5.73 Å². The molecule has 0 spiro atoms. The molecule has 0 bridgehead atoms. The van der Waals surface area contributed by atoms with Crippen LogP contribution < -0.4 is 11.1 Å². The number of hydrogen-bond acceptors (Lipinski definition) is 4. The van der Waals surface area contributed by atoms with Crippen molar-refractivity contribution >= 4 is 11.6 Å². The molecule has 1 atom stereocenters. The monoisotopic (exact) mass is 286 g/mol. The molecule has 1 aromatic heterocycles. The quantitative estimate of drug-likeness (QED) is 0.878. The number of nitrogens with one attached hydrogen (secondary N) is 1. The van der Waals surface area contributed by atoms with Crippen molar-refractivity contribution in [2.75, 3.05) is 18.5 Å². The fourth-order valence-corrected chi connectivity index (χ4v) is 2.34. The maximum absolute atomic E-state index is 12.2. The van der Waals surface area contributed by atoms with Gasteiger partial charge >= 0.3 is 0 Å². The highest BCUT2D eigenvalue weighted by Gasteiger charge is 2.38. The summed E-state index contributed by atoms with van der Waals surface area (Å²) in [5.41, 5.74) is 6.93. The van der Waals surface area contributed by atoms with Crippen molar-refractivity contribution in [3.8, 4) is 0 Å². The maximum atomic E-state index is 12.2. The van der Waals surface area contributed by atoms with E-state index in [2.05, 4.69) is 10.4 Å². The molecule has 110 valence electrons. The number of amides is 1. The average Bonchev–Trinajstić information content (AvgIpc) is 3.12. The molecule has 2 aromatic rings. The number of hydrogen-bond donors (Lipinski definition) is 2. The first kappa shape index (κ1) is 13.8. The molecule has 1 fully saturated rings. The largest absolute Gasteiger partial charge is 0.379 e. The van der Waals surface area contributed by atoms with E-state index in [0.717, 1.165) is 11.3 Å². The number of nitrogens with two attached hydrogens (primary N) is 1. The van der Waals surface area contributed by atoms with Gasteiger partial charge in [-0.2, -0.15) is 5.10 Å². The van der Waals surface area contributed by atoms with Gasteiger partial charge in [0.25, 0.3) is 0 Å². The van der Waals surface area contributed by atoms with Gasteiger partial charge in [0.1, 0.15) is 5.54 Å². The Morgan fingerprint density at radius 3 is 3.10 bits per heavy atom. The first-order valence-electron chi connectivity index (χ1n) is 6.90. The lowest BCUT2D eigenvalue weighted by atomic mass is 9.99. The minimum Gasteiger partial charge on any atom is -0.379 e.